The van der Waals surface area contributed by atoms with Crippen LogP contribution in [0, 0.1) is 5.82 Å². The normalized spacial score (nSPS) is 15.9. The second-order valence-electron chi connectivity index (χ2n) is 6.15. The largest absolute Gasteiger partial charge is 0.379 e. The first-order chi connectivity index (χ1) is 13.1. The quantitative estimate of drug-likeness (QED) is 0.755. The smallest absolute Gasteiger partial charge is 0.254 e. The summed E-state index contributed by atoms with van der Waals surface area (Å²) in [7, 11) is 0. The molecule has 2 amide bonds. The highest BCUT2D eigenvalue weighted by atomic mass is 32.1. The van der Waals surface area contributed by atoms with Crippen LogP contribution in [0.5, 0.6) is 0 Å². The lowest BCUT2D eigenvalue weighted by molar-refractivity contribution is -0.120. The zero-order valence-corrected chi connectivity index (χ0v) is 15.6. The fourth-order valence-corrected chi connectivity index (χ4v) is 3.81. The molecular formula is C19H22FN3O3S. The van der Waals surface area contributed by atoms with Crippen LogP contribution in [0.3, 0.4) is 0 Å². The van der Waals surface area contributed by atoms with Crippen molar-refractivity contribution in [3.63, 3.8) is 0 Å². The van der Waals surface area contributed by atoms with Gasteiger partial charge in [0.25, 0.3) is 5.91 Å². The maximum atomic E-state index is 13.6. The Bertz CT molecular complexity index is 763. The van der Waals surface area contributed by atoms with Crippen molar-refractivity contribution in [1.82, 2.24) is 15.5 Å². The van der Waals surface area contributed by atoms with Crippen LogP contribution < -0.4 is 10.6 Å². The molecule has 0 spiro atoms. The topological polar surface area (TPSA) is 70.7 Å². The summed E-state index contributed by atoms with van der Waals surface area (Å²) < 4.78 is 19.0. The number of hydrogen-bond donors (Lipinski definition) is 2. The van der Waals surface area contributed by atoms with Gasteiger partial charge in [-0.15, -0.1) is 11.3 Å². The first-order valence-corrected chi connectivity index (χ1v) is 9.67. The molecular weight excluding hydrogens is 369 g/mol. The van der Waals surface area contributed by atoms with Gasteiger partial charge in [0.05, 0.1) is 31.4 Å². The Balaban J connectivity index is 1.52. The highest BCUT2D eigenvalue weighted by Gasteiger charge is 2.24. The van der Waals surface area contributed by atoms with Gasteiger partial charge < -0.3 is 15.4 Å². The highest BCUT2D eigenvalue weighted by molar-refractivity contribution is 7.10. The molecule has 2 N–H and O–H groups in total. The van der Waals surface area contributed by atoms with Gasteiger partial charge in [-0.05, 0) is 23.6 Å². The van der Waals surface area contributed by atoms with E-state index in [0.717, 1.165) is 13.1 Å². The van der Waals surface area contributed by atoms with E-state index >= 15 is 0 Å². The van der Waals surface area contributed by atoms with Gasteiger partial charge in [-0.1, -0.05) is 18.2 Å². The lowest BCUT2D eigenvalue weighted by Gasteiger charge is -2.34. The lowest BCUT2D eigenvalue weighted by Crippen LogP contribution is -2.45. The van der Waals surface area contributed by atoms with Gasteiger partial charge in [-0.2, -0.15) is 0 Å². The summed E-state index contributed by atoms with van der Waals surface area (Å²) in [4.78, 5) is 27.6. The molecule has 0 radical (unpaired) electrons. The molecule has 6 nitrogen and oxygen atoms in total. The van der Waals surface area contributed by atoms with E-state index in [1.807, 2.05) is 11.4 Å². The summed E-state index contributed by atoms with van der Waals surface area (Å²) in [6.45, 7) is 3.20. The number of nitrogens with zero attached hydrogens (tertiary/aromatic N) is 1. The number of thiophene rings is 1. The summed E-state index contributed by atoms with van der Waals surface area (Å²) in [5.74, 6) is -1.53. The van der Waals surface area contributed by atoms with Gasteiger partial charge in [0.2, 0.25) is 5.91 Å². The number of hydrogen-bond acceptors (Lipinski definition) is 5. The van der Waals surface area contributed by atoms with Crippen LogP contribution in [-0.4, -0.2) is 56.1 Å². The van der Waals surface area contributed by atoms with Crippen molar-refractivity contribution >= 4 is 23.2 Å². The van der Waals surface area contributed by atoms with Gasteiger partial charge >= 0.3 is 0 Å². The molecule has 1 atom stereocenters. The van der Waals surface area contributed by atoms with E-state index < -0.39 is 11.7 Å². The molecule has 0 saturated carbocycles. The number of amides is 2. The average molecular weight is 391 g/mol. The molecule has 2 aromatic rings. The van der Waals surface area contributed by atoms with Crippen molar-refractivity contribution < 1.29 is 18.7 Å². The minimum Gasteiger partial charge on any atom is -0.379 e. The summed E-state index contributed by atoms with van der Waals surface area (Å²) in [5, 5.41) is 7.34. The molecule has 0 aliphatic carbocycles. The van der Waals surface area contributed by atoms with Crippen LogP contribution in [0.2, 0.25) is 0 Å². The van der Waals surface area contributed by atoms with E-state index in [2.05, 4.69) is 21.6 Å². The molecule has 1 aliphatic rings. The molecule has 1 aromatic heterocycles. The number of morpholine rings is 1. The first-order valence-electron chi connectivity index (χ1n) is 8.80. The molecule has 0 bridgehead atoms. The predicted molar refractivity (Wildman–Crippen MR) is 101 cm³/mol. The molecule has 8 heteroatoms. The van der Waals surface area contributed by atoms with Crippen molar-refractivity contribution in [1.29, 1.82) is 0 Å². The maximum Gasteiger partial charge on any atom is 0.254 e. The van der Waals surface area contributed by atoms with Crippen LogP contribution >= 0.6 is 11.3 Å². The molecule has 2 heterocycles. The zero-order chi connectivity index (χ0) is 19.1. The zero-order valence-electron chi connectivity index (χ0n) is 14.8. The Morgan fingerprint density at radius 1 is 1.15 bits per heavy atom. The van der Waals surface area contributed by atoms with E-state index in [9.17, 15) is 14.0 Å². The predicted octanol–water partition coefficient (Wildman–Crippen LogP) is 1.81. The third kappa shape index (κ3) is 5.35. The van der Waals surface area contributed by atoms with E-state index in [-0.39, 0.29) is 24.1 Å². The molecule has 0 unspecified atom stereocenters. The SMILES string of the molecule is O=C(CNC(=O)c1ccccc1F)NC[C@H](c1cccs1)N1CCOCC1. The number of rotatable bonds is 7. The van der Waals surface area contributed by atoms with Crippen molar-refractivity contribution in [3.05, 3.63) is 58.0 Å². The van der Waals surface area contributed by atoms with E-state index in [0.29, 0.717) is 19.8 Å². The fourth-order valence-electron chi connectivity index (χ4n) is 2.95. The first kappa shape index (κ1) is 19.5. The number of ether oxygens (including phenoxy) is 1. The Morgan fingerprint density at radius 3 is 2.63 bits per heavy atom. The Morgan fingerprint density at radius 2 is 1.93 bits per heavy atom. The number of carbonyl (C=O) groups excluding carboxylic acids is 2. The van der Waals surface area contributed by atoms with Gasteiger partial charge in [-0.3, -0.25) is 14.5 Å². The number of carbonyl (C=O) groups is 2. The van der Waals surface area contributed by atoms with E-state index in [4.69, 9.17) is 4.74 Å². The van der Waals surface area contributed by atoms with Crippen molar-refractivity contribution in [3.8, 4) is 0 Å². The number of nitrogens with one attached hydrogen (secondary N) is 2. The van der Waals surface area contributed by atoms with Gasteiger partial charge in [0.15, 0.2) is 0 Å². The van der Waals surface area contributed by atoms with Gasteiger partial charge in [0.1, 0.15) is 5.82 Å². The molecule has 144 valence electrons. The number of benzene rings is 1. The Labute approximate surface area is 161 Å². The van der Waals surface area contributed by atoms with Crippen molar-refractivity contribution in [2.24, 2.45) is 0 Å². The Kier molecular flexibility index (Phi) is 6.92. The summed E-state index contributed by atoms with van der Waals surface area (Å²) >= 11 is 1.65. The number of halogens is 1. The molecule has 1 aliphatic heterocycles. The second kappa shape index (κ2) is 9.59. The average Bonchev–Trinajstić information content (AvgIpc) is 3.22. The molecule has 3 rings (SSSR count). The van der Waals surface area contributed by atoms with Crippen LogP contribution in [0.25, 0.3) is 0 Å². The monoisotopic (exact) mass is 391 g/mol. The third-order valence-corrected chi connectivity index (χ3v) is 5.35. The molecule has 1 fully saturated rings. The van der Waals surface area contributed by atoms with E-state index in [1.165, 1.54) is 23.1 Å². The summed E-state index contributed by atoms with van der Waals surface area (Å²) in [6.07, 6.45) is 0. The van der Waals surface area contributed by atoms with Gasteiger partial charge in [-0.25, -0.2) is 4.39 Å². The van der Waals surface area contributed by atoms with Crippen LogP contribution in [0.15, 0.2) is 41.8 Å². The molecule has 1 saturated heterocycles. The van der Waals surface area contributed by atoms with Gasteiger partial charge in [0, 0.05) is 24.5 Å². The maximum absolute atomic E-state index is 13.6. The van der Waals surface area contributed by atoms with Crippen LogP contribution in [0.4, 0.5) is 4.39 Å². The summed E-state index contributed by atoms with van der Waals surface area (Å²) in [5.41, 5.74) is -0.0740. The van der Waals surface area contributed by atoms with Crippen LogP contribution in [0.1, 0.15) is 21.3 Å². The lowest BCUT2D eigenvalue weighted by atomic mass is 10.2. The molecule has 1 aromatic carbocycles. The second-order valence-corrected chi connectivity index (χ2v) is 7.13. The van der Waals surface area contributed by atoms with Crippen LogP contribution in [-0.2, 0) is 9.53 Å². The highest BCUT2D eigenvalue weighted by Crippen LogP contribution is 2.25. The minimum absolute atomic E-state index is 0.0696. The third-order valence-electron chi connectivity index (χ3n) is 4.38. The molecule has 27 heavy (non-hydrogen) atoms. The minimum atomic E-state index is -0.611. The van der Waals surface area contributed by atoms with E-state index in [1.54, 1.807) is 17.4 Å². The Hall–Kier alpha value is -2.29. The van der Waals surface area contributed by atoms with Crippen molar-refractivity contribution in [2.75, 3.05) is 39.4 Å². The fraction of sp³-hybridized carbons (Fsp3) is 0.368. The summed E-state index contributed by atoms with van der Waals surface area (Å²) in [6, 6.07) is 9.79. The van der Waals surface area contributed by atoms with Crippen molar-refractivity contribution in [2.45, 2.75) is 6.04 Å². The standard InChI is InChI=1S/C19H22FN3O3S/c20-15-5-2-1-4-14(15)19(25)22-13-18(24)21-12-16(17-6-3-11-27-17)23-7-9-26-10-8-23/h1-6,11,16H,7-10,12-13H2,(H,21,24)(H,22,25)/t16-/m1/s1.